The second-order valence-electron chi connectivity index (χ2n) is 8.73. The first-order valence-electron chi connectivity index (χ1n) is 13.8. The summed E-state index contributed by atoms with van der Waals surface area (Å²) < 4.78 is 46.9. The Labute approximate surface area is 206 Å². The SMILES string of the molecule is [2H]c1c([2H])c([2H])c(-c2ccc(-c3cnn4c(N(C)C)cc(C5CCC(C(=O)OC)CC5)nc34)cn2)c([2H])c1[2H]. The number of fused-ring (bicyclic) bond motifs is 1. The van der Waals surface area contributed by atoms with E-state index in [4.69, 9.17) is 16.6 Å². The van der Waals surface area contributed by atoms with Gasteiger partial charge >= 0.3 is 5.97 Å². The third kappa shape index (κ3) is 4.14. The molecule has 1 aromatic carbocycles. The fraction of sp³-hybridized carbons (Fsp3) is 0.333. The van der Waals surface area contributed by atoms with Crippen molar-refractivity contribution in [3.05, 3.63) is 66.5 Å². The Bertz CT molecular complexity index is 1530. The van der Waals surface area contributed by atoms with Crippen molar-refractivity contribution in [2.24, 2.45) is 5.92 Å². The van der Waals surface area contributed by atoms with Crippen LogP contribution in [0.2, 0.25) is 0 Å². The Morgan fingerprint density at radius 1 is 1.09 bits per heavy atom. The van der Waals surface area contributed by atoms with E-state index in [1.54, 1.807) is 29.0 Å². The number of esters is 1. The minimum absolute atomic E-state index is 0.0604. The van der Waals surface area contributed by atoms with Gasteiger partial charge in [-0.3, -0.25) is 9.78 Å². The van der Waals surface area contributed by atoms with E-state index in [0.29, 0.717) is 5.65 Å². The second-order valence-corrected chi connectivity index (χ2v) is 8.73. The van der Waals surface area contributed by atoms with E-state index in [1.807, 2.05) is 25.1 Å². The lowest BCUT2D eigenvalue weighted by Gasteiger charge is -2.27. The molecule has 1 aliphatic carbocycles. The Hall–Kier alpha value is -3.74. The molecule has 1 fully saturated rings. The van der Waals surface area contributed by atoms with Crippen molar-refractivity contribution < 1.29 is 16.4 Å². The van der Waals surface area contributed by atoms with E-state index in [1.165, 1.54) is 7.11 Å². The molecule has 0 radical (unpaired) electrons. The van der Waals surface area contributed by atoms with Gasteiger partial charge in [-0.15, -0.1) is 0 Å². The fourth-order valence-electron chi connectivity index (χ4n) is 4.57. The standard InChI is InChI=1S/C27H29N5O2/c1-31(2)25-15-24(19-9-11-20(12-10-19)27(33)34-3)30-26-22(17-29-32(25)26)21-13-14-23(28-16-21)18-7-5-4-6-8-18/h4-8,13-17,19-20H,9-12H2,1-3H3/i4D,5D,6D,7D,8D. The predicted octanol–water partition coefficient (Wildman–Crippen LogP) is 4.97. The van der Waals surface area contributed by atoms with Crippen LogP contribution in [-0.4, -0.2) is 46.8 Å². The molecular weight excluding hydrogens is 426 g/mol. The number of ether oxygens (including phenoxy) is 1. The van der Waals surface area contributed by atoms with Gasteiger partial charge in [0.2, 0.25) is 0 Å². The summed E-state index contributed by atoms with van der Waals surface area (Å²) in [7, 11) is 5.33. The number of anilines is 1. The van der Waals surface area contributed by atoms with Gasteiger partial charge < -0.3 is 9.64 Å². The highest BCUT2D eigenvalue weighted by molar-refractivity contribution is 5.79. The average molecular weight is 461 g/mol. The topological polar surface area (TPSA) is 72.6 Å². The minimum atomic E-state index is -0.436. The Kier molecular flexibility index (Phi) is 4.57. The lowest BCUT2D eigenvalue weighted by atomic mass is 9.80. The second kappa shape index (κ2) is 9.25. The molecule has 3 heterocycles. The normalized spacial score (nSPS) is 20.1. The molecule has 7 heteroatoms. The van der Waals surface area contributed by atoms with Crippen molar-refractivity contribution in [1.29, 1.82) is 0 Å². The molecule has 7 nitrogen and oxygen atoms in total. The summed E-state index contributed by atoms with van der Waals surface area (Å²) in [5.41, 5.74) is 3.47. The van der Waals surface area contributed by atoms with Crippen LogP contribution >= 0.6 is 0 Å². The van der Waals surface area contributed by atoms with Crippen molar-refractivity contribution in [3.8, 4) is 22.4 Å². The average Bonchev–Trinajstić information content (AvgIpc) is 3.38. The first-order valence-corrected chi connectivity index (χ1v) is 11.3. The smallest absolute Gasteiger partial charge is 0.308 e. The van der Waals surface area contributed by atoms with Gasteiger partial charge in [0, 0.05) is 54.7 Å². The molecule has 34 heavy (non-hydrogen) atoms. The van der Waals surface area contributed by atoms with E-state index in [2.05, 4.69) is 10.1 Å². The summed E-state index contributed by atoms with van der Waals surface area (Å²) in [6, 6.07) is 3.69. The van der Waals surface area contributed by atoms with Gasteiger partial charge in [-0.1, -0.05) is 36.3 Å². The number of rotatable bonds is 5. The van der Waals surface area contributed by atoms with Crippen LogP contribution < -0.4 is 4.90 Å². The molecule has 1 aliphatic rings. The molecule has 174 valence electrons. The fourth-order valence-corrected chi connectivity index (χ4v) is 4.57. The summed E-state index contributed by atoms with van der Waals surface area (Å²) in [6.07, 6.45) is 6.54. The van der Waals surface area contributed by atoms with Crippen LogP contribution in [0.5, 0.6) is 0 Å². The summed E-state index contributed by atoms with van der Waals surface area (Å²) in [5, 5.41) is 4.58. The van der Waals surface area contributed by atoms with E-state index in [9.17, 15) is 4.79 Å². The van der Waals surface area contributed by atoms with E-state index >= 15 is 0 Å². The molecule has 4 aromatic rings. The van der Waals surface area contributed by atoms with Gasteiger partial charge in [-0.05, 0) is 31.7 Å². The molecule has 0 unspecified atom stereocenters. The number of methoxy groups -OCH3 is 1. The molecule has 0 aliphatic heterocycles. The Morgan fingerprint density at radius 2 is 1.85 bits per heavy atom. The zero-order valence-corrected chi connectivity index (χ0v) is 19.4. The molecule has 0 N–H and O–H groups in total. The van der Waals surface area contributed by atoms with Crippen LogP contribution in [0.3, 0.4) is 0 Å². The number of nitrogens with zero attached hydrogens (tertiary/aromatic N) is 5. The Balaban J connectivity index is 1.53. The number of carbonyl (C=O) groups excluding carboxylic acids is 1. The van der Waals surface area contributed by atoms with Crippen molar-refractivity contribution in [2.75, 3.05) is 26.1 Å². The van der Waals surface area contributed by atoms with Crippen molar-refractivity contribution in [2.45, 2.75) is 31.6 Å². The maximum absolute atomic E-state index is 12.0. The highest BCUT2D eigenvalue weighted by Crippen LogP contribution is 2.37. The maximum atomic E-state index is 12.0. The van der Waals surface area contributed by atoms with Crippen molar-refractivity contribution in [1.82, 2.24) is 19.6 Å². The van der Waals surface area contributed by atoms with Crippen LogP contribution in [0.25, 0.3) is 28.0 Å². The number of aromatic nitrogens is 4. The van der Waals surface area contributed by atoms with Crippen LogP contribution in [0.1, 0.15) is 44.1 Å². The van der Waals surface area contributed by atoms with E-state index in [0.717, 1.165) is 48.3 Å². The maximum Gasteiger partial charge on any atom is 0.308 e. The van der Waals surface area contributed by atoms with Gasteiger partial charge in [0.05, 0.1) is 31.8 Å². The number of hydrogen-bond acceptors (Lipinski definition) is 6. The molecule has 0 spiro atoms. The molecular formula is C27H29N5O2. The summed E-state index contributed by atoms with van der Waals surface area (Å²) >= 11 is 0. The number of hydrogen-bond donors (Lipinski definition) is 0. The summed E-state index contributed by atoms with van der Waals surface area (Å²) in [4.78, 5) is 23.4. The minimum Gasteiger partial charge on any atom is -0.469 e. The number of carbonyl (C=O) groups is 1. The van der Waals surface area contributed by atoms with Crippen molar-refractivity contribution >= 4 is 17.4 Å². The third-order valence-electron chi connectivity index (χ3n) is 6.44. The lowest BCUT2D eigenvalue weighted by molar-refractivity contribution is -0.146. The number of benzene rings is 1. The van der Waals surface area contributed by atoms with Crippen LogP contribution in [0, 0.1) is 5.92 Å². The van der Waals surface area contributed by atoms with Gasteiger partial charge in [0.25, 0.3) is 0 Å². The van der Waals surface area contributed by atoms with Gasteiger partial charge in [0.15, 0.2) is 5.65 Å². The van der Waals surface area contributed by atoms with Gasteiger partial charge in [0.1, 0.15) is 5.82 Å². The number of pyridine rings is 1. The molecule has 0 amide bonds. The molecule has 0 atom stereocenters. The van der Waals surface area contributed by atoms with Crippen molar-refractivity contribution in [3.63, 3.8) is 0 Å². The highest BCUT2D eigenvalue weighted by atomic mass is 16.5. The van der Waals surface area contributed by atoms with Crippen LogP contribution in [0.15, 0.2) is 60.8 Å². The highest BCUT2D eigenvalue weighted by Gasteiger charge is 2.29. The monoisotopic (exact) mass is 460 g/mol. The molecule has 0 bridgehead atoms. The summed E-state index contributed by atoms with van der Waals surface area (Å²) in [6.45, 7) is 0. The summed E-state index contributed by atoms with van der Waals surface area (Å²) in [5.74, 6) is 0.868. The lowest BCUT2D eigenvalue weighted by Crippen LogP contribution is -2.23. The zero-order chi connectivity index (χ0) is 28.0. The van der Waals surface area contributed by atoms with Gasteiger partial charge in [-0.25, -0.2) is 4.98 Å². The Morgan fingerprint density at radius 3 is 2.50 bits per heavy atom. The van der Waals surface area contributed by atoms with Gasteiger partial charge in [-0.2, -0.15) is 9.61 Å². The third-order valence-corrected chi connectivity index (χ3v) is 6.44. The molecule has 1 saturated carbocycles. The molecule has 0 saturated heterocycles. The molecule has 5 rings (SSSR count). The zero-order valence-electron chi connectivity index (χ0n) is 24.4. The van der Waals surface area contributed by atoms with E-state index in [-0.39, 0.29) is 41.1 Å². The van der Waals surface area contributed by atoms with Crippen LogP contribution in [-0.2, 0) is 9.53 Å². The quantitative estimate of drug-likeness (QED) is 0.392. The first-order chi connectivity index (χ1) is 18.6. The first kappa shape index (κ1) is 16.8. The molecule has 3 aromatic heterocycles. The van der Waals surface area contributed by atoms with Crippen LogP contribution in [0.4, 0.5) is 5.82 Å². The largest absolute Gasteiger partial charge is 0.469 e. The van der Waals surface area contributed by atoms with E-state index < -0.39 is 18.1 Å². The predicted molar refractivity (Wildman–Crippen MR) is 133 cm³/mol.